The van der Waals surface area contributed by atoms with E-state index in [4.69, 9.17) is 0 Å². The zero-order valence-corrected chi connectivity index (χ0v) is 20.1. The van der Waals surface area contributed by atoms with Crippen molar-refractivity contribution in [3.8, 4) is 0 Å². The molecule has 3 nitrogen and oxygen atoms in total. The van der Waals surface area contributed by atoms with Crippen LogP contribution in [0.2, 0.25) is 0 Å². The van der Waals surface area contributed by atoms with Gasteiger partial charge in [-0.25, -0.2) is 4.39 Å². The summed E-state index contributed by atoms with van der Waals surface area (Å²) in [6.07, 6.45) is 11.4. The number of aliphatic hydroxyl groups is 3. The highest BCUT2D eigenvalue weighted by Crippen LogP contribution is 2.58. The van der Waals surface area contributed by atoms with E-state index in [1.54, 1.807) is 13.8 Å². The lowest BCUT2D eigenvalue weighted by Crippen LogP contribution is -2.36. The van der Waals surface area contributed by atoms with Crippen LogP contribution in [0.1, 0.15) is 86.0 Å². The van der Waals surface area contributed by atoms with E-state index in [0.717, 1.165) is 30.4 Å². The van der Waals surface area contributed by atoms with Crippen molar-refractivity contribution in [2.75, 3.05) is 0 Å². The van der Waals surface area contributed by atoms with Crippen molar-refractivity contribution in [3.63, 3.8) is 0 Å². The maximum absolute atomic E-state index is 14.3. The molecule has 0 amide bonds. The van der Waals surface area contributed by atoms with Crippen molar-refractivity contribution in [1.29, 1.82) is 0 Å². The highest BCUT2D eigenvalue weighted by Gasteiger charge is 2.49. The van der Waals surface area contributed by atoms with Gasteiger partial charge in [0.2, 0.25) is 0 Å². The van der Waals surface area contributed by atoms with Crippen LogP contribution < -0.4 is 0 Å². The van der Waals surface area contributed by atoms with Crippen LogP contribution in [-0.2, 0) is 0 Å². The molecule has 3 aliphatic carbocycles. The third kappa shape index (κ3) is 5.34. The van der Waals surface area contributed by atoms with Gasteiger partial charge in [-0.1, -0.05) is 32.1 Å². The molecule has 0 unspecified atom stereocenters. The largest absolute Gasteiger partial charge is 0.393 e. The van der Waals surface area contributed by atoms with Gasteiger partial charge in [-0.15, -0.1) is 0 Å². The SMILES string of the molecule is CC1=C(C=CC2=CCC[C@]3(C)[C@@H]([C@H](C)CC[C@@H](F)C(C)(C)O)CC[C@@H]23)C[C@H](O)C[C@H]1O. The molecule has 0 aromatic heterocycles. The van der Waals surface area contributed by atoms with Crippen molar-refractivity contribution in [1.82, 2.24) is 0 Å². The second-order valence-corrected chi connectivity index (χ2v) is 11.3. The summed E-state index contributed by atoms with van der Waals surface area (Å²) in [5, 5.41) is 30.2. The van der Waals surface area contributed by atoms with Crippen LogP contribution in [0.25, 0.3) is 0 Å². The fourth-order valence-corrected chi connectivity index (χ4v) is 6.49. The molecule has 0 aromatic rings. The highest BCUT2D eigenvalue weighted by atomic mass is 19.1. The topological polar surface area (TPSA) is 60.7 Å². The zero-order chi connectivity index (χ0) is 23.0. The minimum absolute atomic E-state index is 0.226. The second-order valence-electron chi connectivity index (χ2n) is 11.3. The van der Waals surface area contributed by atoms with E-state index in [-0.39, 0.29) is 5.41 Å². The first-order valence-electron chi connectivity index (χ1n) is 12.2. The van der Waals surface area contributed by atoms with Crippen molar-refractivity contribution in [2.24, 2.45) is 23.2 Å². The van der Waals surface area contributed by atoms with Gasteiger partial charge in [0, 0.05) is 6.42 Å². The molecular weight excluding hydrogens is 391 g/mol. The molecule has 7 atom stereocenters. The lowest BCUT2D eigenvalue weighted by molar-refractivity contribution is -0.0116. The van der Waals surface area contributed by atoms with Crippen LogP contribution in [0.5, 0.6) is 0 Å². The number of fused-ring (bicyclic) bond motifs is 1. The van der Waals surface area contributed by atoms with Crippen molar-refractivity contribution >= 4 is 0 Å². The molecule has 31 heavy (non-hydrogen) atoms. The Morgan fingerprint density at radius 1 is 1.23 bits per heavy atom. The van der Waals surface area contributed by atoms with E-state index < -0.39 is 24.0 Å². The molecule has 0 aromatic carbocycles. The van der Waals surface area contributed by atoms with E-state index in [2.05, 4.69) is 32.1 Å². The lowest BCUT2D eigenvalue weighted by Gasteiger charge is -2.43. The van der Waals surface area contributed by atoms with Gasteiger partial charge in [-0.3, -0.25) is 0 Å². The summed E-state index contributed by atoms with van der Waals surface area (Å²) in [4.78, 5) is 0. The molecule has 0 spiro atoms. The van der Waals surface area contributed by atoms with Crippen LogP contribution in [0.3, 0.4) is 0 Å². The summed E-state index contributed by atoms with van der Waals surface area (Å²) < 4.78 is 14.3. The van der Waals surface area contributed by atoms with Crippen LogP contribution in [0, 0.1) is 23.2 Å². The highest BCUT2D eigenvalue weighted by molar-refractivity contribution is 5.37. The van der Waals surface area contributed by atoms with Crippen molar-refractivity contribution < 1.29 is 19.7 Å². The van der Waals surface area contributed by atoms with E-state index in [1.807, 2.05) is 6.92 Å². The first-order valence-corrected chi connectivity index (χ1v) is 12.2. The number of allylic oxidation sites excluding steroid dienone is 4. The molecular formula is C27H43FO3. The van der Waals surface area contributed by atoms with E-state index in [0.29, 0.717) is 37.0 Å². The van der Waals surface area contributed by atoms with Crippen LogP contribution in [0.4, 0.5) is 4.39 Å². The standard InChI is InChI=1S/C27H43FO3/c1-17(8-13-25(28)26(3,4)31)22-11-12-23-19(7-6-14-27(22,23)5)9-10-20-15-21(29)16-24(30)18(20)2/h7,9-10,17,21-25,29-31H,6,8,11-16H2,1-5H3/t17-,21+,22-,23+,24-,25-,27-/m1/s1. The normalized spacial score (nSPS) is 36.5. The number of hydrogen-bond donors (Lipinski definition) is 3. The molecule has 0 aliphatic heterocycles. The van der Waals surface area contributed by atoms with Gasteiger partial charge in [0.25, 0.3) is 0 Å². The third-order valence-electron chi connectivity index (χ3n) is 8.64. The Morgan fingerprint density at radius 2 is 1.94 bits per heavy atom. The molecule has 0 heterocycles. The number of aliphatic hydroxyl groups excluding tert-OH is 2. The minimum atomic E-state index is -1.26. The quantitative estimate of drug-likeness (QED) is 0.485. The van der Waals surface area contributed by atoms with Crippen molar-refractivity contribution in [2.45, 2.75) is 110 Å². The Morgan fingerprint density at radius 3 is 2.61 bits per heavy atom. The smallest absolute Gasteiger partial charge is 0.128 e. The van der Waals surface area contributed by atoms with Crippen LogP contribution in [0.15, 0.2) is 34.9 Å². The molecule has 0 radical (unpaired) electrons. The average molecular weight is 435 g/mol. The first kappa shape index (κ1) is 24.7. The van der Waals surface area contributed by atoms with Gasteiger partial charge in [0.1, 0.15) is 6.17 Å². The fraction of sp³-hybridized carbons (Fsp3) is 0.778. The van der Waals surface area contributed by atoms with Gasteiger partial charge in [-0.05, 0) is 106 Å². The number of alkyl halides is 1. The Bertz CT molecular complexity index is 731. The van der Waals surface area contributed by atoms with Crippen LogP contribution >= 0.6 is 0 Å². The van der Waals surface area contributed by atoms with Crippen molar-refractivity contribution in [3.05, 3.63) is 34.9 Å². The summed E-state index contributed by atoms with van der Waals surface area (Å²) in [6.45, 7) is 9.77. The Hall–Kier alpha value is -0.970. The molecule has 4 heteroatoms. The number of halogens is 1. The van der Waals surface area contributed by atoms with E-state index in [9.17, 15) is 19.7 Å². The molecule has 3 aliphatic rings. The first-order chi connectivity index (χ1) is 14.4. The second kappa shape index (κ2) is 9.49. The van der Waals surface area contributed by atoms with Gasteiger partial charge >= 0.3 is 0 Å². The Labute approximate surface area is 188 Å². The monoisotopic (exact) mass is 434 g/mol. The van der Waals surface area contributed by atoms with Gasteiger partial charge < -0.3 is 15.3 Å². The molecule has 1 saturated carbocycles. The van der Waals surface area contributed by atoms with Crippen LogP contribution in [-0.4, -0.2) is 39.3 Å². The Balaban J connectivity index is 1.69. The summed E-state index contributed by atoms with van der Waals surface area (Å²) in [5.41, 5.74) is 2.39. The molecule has 176 valence electrons. The summed E-state index contributed by atoms with van der Waals surface area (Å²) in [7, 11) is 0. The molecule has 3 N–H and O–H groups in total. The predicted molar refractivity (Wildman–Crippen MR) is 124 cm³/mol. The maximum atomic E-state index is 14.3. The lowest BCUT2D eigenvalue weighted by atomic mass is 9.62. The van der Waals surface area contributed by atoms with E-state index in [1.165, 1.54) is 18.4 Å². The van der Waals surface area contributed by atoms with E-state index >= 15 is 0 Å². The Kier molecular flexibility index (Phi) is 7.55. The summed E-state index contributed by atoms with van der Waals surface area (Å²) >= 11 is 0. The molecule has 1 fully saturated rings. The van der Waals surface area contributed by atoms with Gasteiger partial charge in [-0.2, -0.15) is 0 Å². The summed E-state index contributed by atoms with van der Waals surface area (Å²) in [6, 6.07) is 0. The summed E-state index contributed by atoms with van der Waals surface area (Å²) in [5.74, 6) is 1.52. The van der Waals surface area contributed by atoms with Gasteiger partial charge in [0.05, 0.1) is 17.8 Å². The number of hydrogen-bond acceptors (Lipinski definition) is 3. The average Bonchev–Trinajstić information content (AvgIpc) is 3.04. The third-order valence-corrected chi connectivity index (χ3v) is 8.64. The zero-order valence-electron chi connectivity index (χ0n) is 20.1. The molecule has 0 saturated heterocycles. The molecule has 3 rings (SSSR count). The molecule has 0 bridgehead atoms. The predicted octanol–water partition coefficient (Wildman–Crippen LogP) is 5.65. The maximum Gasteiger partial charge on any atom is 0.128 e. The minimum Gasteiger partial charge on any atom is -0.393 e. The fourth-order valence-electron chi connectivity index (χ4n) is 6.49. The number of rotatable bonds is 7. The van der Waals surface area contributed by atoms with Gasteiger partial charge in [0.15, 0.2) is 0 Å².